The lowest BCUT2D eigenvalue weighted by molar-refractivity contribution is -0.149. The van der Waals surface area contributed by atoms with Crippen LogP contribution in [-0.2, 0) is 19.1 Å². The lowest BCUT2D eigenvalue weighted by atomic mass is 9.89. The molecule has 180 valence electrons. The maximum absolute atomic E-state index is 13.2. The van der Waals surface area contributed by atoms with Gasteiger partial charge in [0.25, 0.3) is 0 Å². The molecule has 1 atom stereocenters. The van der Waals surface area contributed by atoms with Gasteiger partial charge in [0.1, 0.15) is 17.7 Å². The Hall–Kier alpha value is -3.39. The first-order valence-electron chi connectivity index (χ1n) is 11.6. The van der Waals surface area contributed by atoms with Crippen LogP contribution in [0.4, 0.5) is 4.79 Å². The van der Waals surface area contributed by atoms with E-state index in [2.05, 4.69) is 22.8 Å². The third kappa shape index (κ3) is 4.14. The molecule has 2 aromatic rings. The fraction of sp³-hybridized carbons (Fsp3) is 0.423. The van der Waals surface area contributed by atoms with Gasteiger partial charge >= 0.3 is 12.1 Å². The van der Waals surface area contributed by atoms with Crippen LogP contribution >= 0.6 is 0 Å². The maximum atomic E-state index is 13.2. The Labute approximate surface area is 198 Å². The summed E-state index contributed by atoms with van der Waals surface area (Å²) in [6.45, 7) is 3.74. The minimum atomic E-state index is -1.41. The van der Waals surface area contributed by atoms with Crippen LogP contribution in [0.1, 0.15) is 50.2 Å². The number of nitrogens with one attached hydrogen (secondary N) is 2. The first-order valence-corrected chi connectivity index (χ1v) is 11.6. The molecule has 2 amide bonds. The van der Waals surface area contributed by atoms with Crippen molar-refractivity contribution in [2.75, 3.05) is 19.8 Å². The number of carbonyl (C=O) groups excluding carboxylic acids is 2. The zero-order valence-electron chi connectivity index (χ0n) is 19.4. The van der Waals surface area contributed by atoms with E-state index in [1.54, 1.807) is 13.8 Å². The van der Waals surface area contributed by atoms with E-state index >= 15 is 0 Å². The molecule has 8 nitrogen and oxygen atoms in total. The first kappa shape index (κ1) is 23.8. The highest BCUT2D eigenvalue weighted by Gasteiger charge is 2.48. The Morgan fingerprint density at radius 1 is 1.06 bits per heavy atom. The third-order valence-electron chi connectivity index (χ3n) is 7.11. The van der Waals surface area contributed by atoms with Gasteiger partial charge in [0.05, 0.1) is 6.61 Å². The van der Waals surface area contributed by atoms with Gasteiger partial charge in [-0.3, -0.25) is 4.79 Å². The van der Waals surface area contributed by atoms with E-state index in [-0.39, 0.29) is 45.0 Å². The molecule has 1 aliphatic carbocycles. The van der Waals surface area contributed by atoms with Gasteiger partial charge in [0, 0.05) is 18.9 Å². The van der Waals surface area contributed by atoms with Crippen LogP contribution in [0.15, 0.2) is 48.5 Å². The molecular weight excluding hydrogens is 436 g/mol. The Bertz CT molecular complexity index is 1040. The monoisotopic (exact) mass is 466 g/mol. The number of amides is 2. The number of carboxylic acid groups (broad SMARTS) is 1. The van der Waals surface area contributed by atoms with Gasteiger partial charge in [-0.2, -0.15) is 0 Å². The van der Waals surface area contributed by atoms with Crippen molar-refractivity contribution in [1.29, 1.82) is 0 Å². The Balaban J connectivity index is 1.47. The number of alkyl carbamates (subject to hydrolysis) is 1. The molecule has 34 heavy (non-hydrogen) atoms. The Kier molecular flexibility index (Phi) is 6.61. The normalized spacial score (nSPS) is 19.2. The molecule has 1 heterocycles. The van der Waals surface area contributed by atoms with Gasteiger partial charge in [0.2, 0.25) is 5.91 Å². The predicted molar refractivity (Wildman–Crippen MR) is 125 cm³/mol. The summed E-state index contributed by atoms with van der Waals surface area (Å²) >= 11 is 0. The molecule has 1 aliphatic heterocycles. The van der Waals surface area contributed by atoms with Gasteiger partial charge < -0.3 is 25.2 Å². The Morgan fingerprint density at radius 2 is 1.65 bits per heavy atom. The molecule has 1 saturated heterocycles. The van der Waals surface area contributed by atoms with Crippen LogP contribution in [0.25, 0.3) is 11.1 Å². The molecule has 3 N–H and O–H groups in total. The second kappa shape index (κ2) is 9.46. The fourth-order valence-electron chi connectivity index (χ4n) is 4.85. The summed E-state index contributed by atoms with van der Waals surface area (Å²) in [5, 5.41) is 15.0. The zero-order valence-corrected chi connectivity index (χ0v) is 19.4. The number of benzene rings is 2. The maximum Gasteiger partial charge on any atom is 0.408 e. The minimum absolute atomic E-state index is 0.0494. The van der Waals surface area contributed by atoms with Crippen LogP contribution in [0.3, 0.4) is 0 Å². The van der Waals surface area contributed by atoms with E-state index in [0.29, 0.717) is 0 Å². The second-order valence-electron chi connectivity index (χ2n) is 8.88. The number of ether oxygens (including phenoxy) is 2. The van der Waals surface area contributed by atoms with Crippen molar-refractivity contribution in [3.8, 4) is 11.1 Å². The summed E-state index contributed by atoms with van der Waals surface area (Å²) in [6.07, 6.45) is -0.0816. The Morgan fingerprint density at radius 3 is 2.15 bits per heavy atom. The summed E-state index contributed by atoms with van der Waals surface area (Å²) in [4.78, 5) is 37.9. The number of fused-ring (bicyclic) bond motifs is 3. The van der Waals surface area contributed by atoms with Gasteiger partial charge in [-0.25, -0.2) is 9.59 Å². The highest BCUT2D eigenvalue weighted by atomic mass is 16.6. The molecule has 1 fully saturated rings. The number of carboxylic acids is 1. The van der Waals surface area contributed by atoms with E-state index in [4.69, 9.17) is 9.47 Å². The van der Waals surface area contributed by atoms with Crippen molar-refractivity contribution in [2.24, 2.45) is 0 Å². The van der Waals surface area contributed by atoms with Crippen molar-refractivity contribution in [2.45, 2.75) is 50.1 Å². The van der Waals surface area contributed by atoms with Gasteiger partial charge in [0.15, 0.2) is 0 Å². The summed E-state index contributed by atoms with van der Waals surface area (Å²) in [6, 6.07) is 16.1. The van der Waals surface area contributed by atoms with Crippen LogP contribution in [0.2, 0.25) is 0 Å². The molecular formula is C26H30N2O6. The predicted octanol–water partition coefficient (Wildman–Crippen LogP) is 3.44. The van der Waals surface area contributed by atoms with Crippen LogP contribution in [-0.4, -0.2) is 54.0 Å². The highest BCUT2D eigenvalue weighted by Crippen LogP contribution is 2.44. The van der Waals surface area contributed by atoms with Crippen molar-refractivity contribution in [1.82, 2.24) is 10.6 Å². The van der Waals surface area contributed by atoms with Crippen molar-refractivity contribution in [3.63, 3.8) is 0 Å². The molecule has 0 radical (unpaired) electrons. The van der Waals surface area contributed by atoms with E-state index in [0.717, 1.165) is 22.3 Å². The minimum Gasteiger partial charge on any atom is -0.480 e. The summed E-state index contributed by atoms with van der Waals surface area (Å²) < 4.78 is 11.0. The number of hydrogen-bond acceptors (Lipinski definition) is 5. The molecule has 1 unspecified atom stereocenters. The van der Waals surface area contributed by atoms with Crippen LogP contribution in [0.5, 0.6) is 0 Å². The number of aliphatic carboxylic acids is 1. The number of rotatable bonds is 8. The van der Waals surface area contributed by atoms with Crippen molar-refractivity contribution in [3.05, 3.63) is 59.7 Å². The molecule has 0 aromatic heterocycles. The van der Waals surface area contributed by atoms with Gasteiger partial charge in [-0.1, -0.05) is 62.4 Å². The third-order valence-corrected chi connectivity index (χ3v) is 7.11. The quantitative estimate of drug-likeness (QED) is 0.549. The van der Waals surface area contributed by atoms with E-state index in [1.165, 1.54) is 0 Å². The lowest BCUT2D eigenvalue weighted by Crippen LogP contribution is -2.65. The molecule has 8 heteroatoms. The van der Waals surface area contributed by atoms with Crippen molar-refractivity contribution < 1.29 is 29.0 Å². The van der Waals surface area contributed by atoms with Gasteiger partial charge in [-0.15, -0.1) is 0 Å². The second-order valence-corrected chi connectivity index (χ2v) is 8.88. The molecule has 0 spiro atoms. The standard InChI is InChI=1S/C26H30N2O6/c1-3-25(4-2,23(30)31)27-22(29)26(13-14-33-16-26)28-24(32)34-15-21-19-11-7-5-9-17(19)18-10-6-8-12-20(18)21/h5-12,21H,3-4,13-16H2,1-2H3,(H,27,29)(H,28,32)(H,30,31). The van der Waals surface area contributed by atoms with Crippen LogP contribution in [0, 0.1) is 0 Å². The van der Waals surface area contributed by atoms with E-state index in [9.17, 15) is 19.5 Å². The summed E-state index contributed by atoms with van der Waals surface area (Å²) in [5.41, 5.74) is 1.63. The lowest BCUT2D eigenvalue weighted by Gasteiger charge is -2.34. The first-order chi connectivity index (χ1) is 16.4. The average Bonchev–Trinajstić information content (AvgIpc) is 3.44. The summed E-state index contributed by atoms with van der Waals surface area (Å²) in [7, 11) is 0. The highest BCUT2D eigenvalue weighted by molar-refractivity contribution is 5.94. The number of carbonyl (C=O) groups is 3. The fourth-order valence-corrected chi connectivity index (χ4v) is 4.85. The number of hydrogen-bond donors (Lipinski definition) is 3. The van der Waals surface area contributed by atoms with Gasteiger partial charge in [-0.05, 0) is 35.1 Å². The summed E-state index contributed by atoms with van der Waals surface area (Å²) in [5.74, 6) is -1.80. The topological polar surface area (TPSA) is 114 Å². The molecule has 0 saturated carbocycles. The molecule has 2 aliphatic rings. The molecule has 0 bridgehead atoms. The van der Waals surface area contributed by atoms with Crippen molar-refractivity contribution >= 4 is 18.0 Å². The average molecular weight is 467 g/mol. The smallest absolute Gasteiger partial charge is 0.408 e. The SMILES string of the molecule is CCC(CC)(NC(=O)C1(NC(=O)OCC2c3ccccc3-c3ccccc32)CCOC1)C(=O)O. The molecule has 4 rings (SSSR count). The molecule has 2 aromatic carbocycles. The van der Waals surface area contributed by atoms with Crippen LogP contribution < -0.4 is 10.6 Å². The largest absolute Gasteiger partial charge is 0.480 e. The zero-order chi connectivity index (χ0) is 24.3. The van der Waals surface area contributed by atoms with E-state index in [1.807, 2.05) is 36.4 Å². The van der Waals surface area contributed by atoms with E-state index < -0.39 is 29.0 Å².